The van der Waals surface area contributed by atoms with Gasteiger partial charge in [-0.05, 0) is 30.7 Å². The highest BCUT2D eigenvalue weighted by Crippen LogP contribution is 2.41. The number of benzene rings is 2. The number of halogens is 1. The molecule has 7 nitrogen and oxygen atoms in total. The lowest BCUT2D eigenvalue weighted by atomic mass is 9.78. The molecule has 0 spiro atoms. The quantitative estimate of drug-likeness (QED) is 0.492. The molecule has 0 radical (unpaired) electrons. The Kier molecular flexibility index (Phi) is 7.63. The number of nitrogens with zero attached hydrogens (tertiary/aromatic N) is 1. The number of carbonyl (C=O) groups excluding carboxylic acids is 3. The number of allylic oxidation sites excluding steroid dienone is 1. The fraction of sp³-hybridized carbons (Fsp3) is 0.217. The number of anilines is 1. The van der Waals surface area contributed by atoms with Gasteiger partial charge in [0.05, 0.1) is 29.0 Å². The number of para-hydroxylation sites is 1. The summed E-state index contributed by atoms with van der Waals surface area (Å²) in [5.74, 6) is -5.28. The molecule has 0 unspecified atom stereocenters. The van der Waals surface area contributed by atoms with Gasteiger partial charge in [-0.25, -0.2) is 4.39 Å². The van der Waals surface area contributed by atoms with Crippen LogP contribution in [-0.2, 0) is 19.1 Å². The summed E-state index contributed by atoms with van der Waals surface area (Å²) in [7, 11) is 0. The minimum absolute atomic E-state index is 0.00901. The Morgan fingerprint density at radius 2 is 1.88 bits per heavy atom. The van der Waals surface area contributed by atoms with Crippen molar-refractivity contribution >= 4 is 35.2 Å². The van der Waals surface area contributed by atoms with E-state index in [4.69, 9.17) is 4.74 Å². The molecule has 2 aromatic carbocycles. The minimum Gasteiger partial charge on any atom is -0.465 e. The maximum absolute atomic E-state index is 14.6. The van der Waals surface area contributed by atoms with Crippen molar-refractivity contribution in [1.29, 1.82) is 5.26 Å². The third-order valence-electron chi connectivity index (χ3n) is 4.71. The Balaban J connectivity index is 1.92. The van der Waals surface area contributed by atoms with Crippen LogP contribution in [0.1, 0.15) is 18.4 Å². The van der Waals surface area contributed by atoms with Crippen LogP contribution < -0.4 is 10.6 Å². The van der Waals surface area contributed by atoms with Crippen molar-refractivity contribution in [1.82, 2.24) is 5.32 Å². The maximum atomic E-state index is 14.6. The average molecular weight is 453 g/mol. The average Bonchev–Trinajstić information content (AvgIpc) is 2.78. The smallest absolute Gasteiger partial charge is 0.319 e. The molecule has 9 heteroatoms. The summed E-state index contributed by atoms with van der Waals surface area (Å²) in [6.45, 7) is 1.61. The van der Waals surface area contributed by atoms with Crippen molar-refractivity contribution < 1.29 is 23.5 Å². The summed E-state index contributed by atoms with van der Waals surface area (Å²) < 4.78 is 19.6. The molecule has 1 aliphatic heterocycles. The van der Waals surface area contributed by atoms with Gasteiger partial charge in [0, 0.05) is 11.6 Å². The van der Waals surface area contributed by atoms with E-state index in [1.165, 1.54) is 18.2 Å². The van der Waals surface area contributed by atoms with E-state index < -0.39 is 29.5 Å². The van der Waals surface area contributed by atoms with Gasteiger partial charge in [0.15, 0.2) is 0 Å². The molecule has 0 aromatic heterocycles. The Hall–Kier alpha value is -3.64. The van der Waals surface area contributed by atoms with Crippen molar-refractivity contribution in [3.63, 3.8) is 0 Å². The third kappa shape index (κ3) is 5.15. The first kappa shape index (κ1) is 23.0. The first-order valence-corrected chi connectivity index (χ1v) is 10.8. The highest BCUT2D eigenvalue weighted by molar-refractivity contribution is 8.03. The summed E-state index contributed by atoms with van der Waals surface area (Å²) >= 11 is 0.931. The highest BCUT2D eigenvalue weighted by Gasteiger charge is 2.45. The lowest BCUT2D eigenvalue weighted by Crippen LogP contribution is -2.44. The van der Waals surface area contributed by atoms with Crippen molar-refractivity contribution in [2.24, 2.45) is 5.92 Å². The van der Waals surface area contributed by atoms with E-state index in [2.05, 4.69) is 10.6 Å². The molecule has 1 aliphatic rings. The SMILES string of the molecule is CCOC(=O)[C@@H]1C(=O)NC(SCC(=O)Nc2ccccc2)=C(C#N)[C@H]1c1ccccc1F. The molecule has 2 atom stereocenters. The lowest BCUT2D eigenvalue weighted by Gasteiger charge is -2.31. The van der Waals surface area contributed by atoms with Gasteiger partial charge in [0.1, 0.15) is 11.7 Å². The molecule has 2 aromatic rings. The van der Waals surface area contributed by atoms with Gasteiger partial charge in [-0.3, -0.25) is 14.4 Å². The molecule has 0 bridgehead atoms. The van der Waals surface area contributed by atoms with Gasteiger partial charge in [0.2, 0.25) is 11.8 Å². The minimum atomic E-state index is -1.43. The van der Waals surface area contributed by atoms with Crippen LogP contribution in [0, 0.1) is 23.1 Å². The number of nitrogens with one attached hydrogen (secondary N) is 2. The molecule has 1 heterocycles. The van der Waals surface area contributed by atoms with E-state index >= 15 is 0 Å². The van der Waals surface area contributed by atoms with E-state index in [1.54, 1.807) is 37.3 Å². The Labute approximate surface area is 188 Å². The summed E-state index contributed by atoms with van der Waals surface area (Å²) in [5.41, 5.74) is 0.626. The molecule has 0 saturated heterocycles. The number of rotatable bonds is 7. The van der Waals surface area contributed by atoms with E-state index in [9.17, 15) is 24.0 Å². The number of thioether (sulfide) groups is 1. The zero-order valence-corrected chi connectivity index (χ0v) is 17.9. The summed E-state index contributed by atoms with van der Waals surface area (Å²) in [6.07, 6.45) is 0. The van der Waals surface area contributed by atoms with Crippen LogP contribution in [0.2, 0.25) is 0 Å². The second-order valence-corrected chi connectivity index (χ2v) is 7.76. The van der Waals surface area contributed by atoms with Gasteiger partial charge in [-0.15, -0.1) is 0 Å². The Bertz CT molecular complexity index is 1100. The molecular formula is C23H20FN3O4S. The summed E-state index contributed by atoms with van der Waals surface area (Å²) in [5, 5.41) is 15.2. The van der Waals surface area contributed by atoms with E-state index in [0.29, 0.717) is 5.69 Å². The largest absolute Gasteiger partial charge is 0.465 e. The topological polar surface area (TPSA) is 108 Å². The first-order valence-electron chi connectivity index (χ1n) is 9.80. The monoisotopic (exact) mass is 453 g/mol. The number of carbonyl (C=O) groups is 3. The second kappa shape index (κ2) is 10.6. The molecule has 0 fully saturated rings. The third-order valence-corrected chi connectivity index (χ3v) is 5.73. The van der Waals surface area contributed by atoms with Crippen molar-refractivity contribution in [3.05, 3.63) is 76.6 Å². The fourth-order valence-electron chi connectivity index (χ4n) is 3.34. The van der Waals surface area contributed by atoms with Gasteiger partial charge in [0.25, 0.3) is 0 Å². The number of ether oxygens (including phenoxy) is 1. The molecule has 2 amide bonds. The number of nitriles is 1. The van der Waals surface area contributed by atoms with Crippen LogP contribution in [0.15, 0.2) is 65.2 Å². The molecule has 0 saturated carbocycles. The number of hydrogen-bond donors (Lipinski definition) is 2. The van der Waals surface area contributed by atoms with Crippen LogP contribution in [-0.4, -0.2) is 30.1 Å². The van der Waals surface area contributed by atoms with Gasteiger partial charge in [-0.1, -0.05) is 48.2 Å². The lowest BCUT2D eigenvalue weighted by molar-refractivity contribution is -0.152. The Morgan fingerprint density at radius 3 is 2.53 bits per heavy atom. The molecular weight excluding hydrogens is 433 g/mol. The Morgan fingerprint density at radius 1 is 1.19 bits per heavy atom. The molecule has 0 aliphatic carbocycles. The van der Waals surface area contributed by atoms with Crippen LogP contribution in [0.3, 0.4) is 0 Å². The number of hydrogen-bond acceptors (Lipinski definition) is 6. The van der Waals surface area contributed by atoms with Crippen LogP contribution in [0.25, 0.3) is 0 Å². The molecule has 3 rings (SSSR count). The highest BCUT2D eigenvalue weighted by atomic mass is 32.2. The van der Waals surface area contributed by atoms with Crippen molar-refractivity contribution in [3.8, 4) is 6.07 Å². The summed E-state index contributed by atoms with van der Waals surface area (Å²) in [4.78, 5) is 37.7. The second-order valence-electron chi connectivity index (χ2n) is 6.78. The maximum Gasteiger partial charge on any atom is 0.319 e. The van der Waals surface area contributed by atoms with Gasteiger partial charge in [-0.2, -0.15) is 5.26 Å². The van der Waals surface area contributed by atoms with Gasteiger partial charge < -0.3 is 15.4 Å². The zero-order valence-electron chi connectivity index (χ0n) is 17.1. The number of amides is 2. The van der Waals surface area contributed by atoms with Gasteiger partial charge >= 0.3 is 5.97 Å². The van der Waals surface area contributed by atoms with Crippen LogP contribution >= 0.6 is 11.8 Å². The van der Waals surface area contributed by atoms with E-state index in [0.717, 1.165) is 11.8 Å². The van der Waals surface area contributed by atoms with E-state index in [1.807, 2.05) is 12.1 Å². The first-order chi connectivity index (χ1) is 15.5. The molecule has 2 N–H and O–H groups in total. The standard InChI is InChI=1S/C23H20FN3O4S/c1-2-31-23(30)20-19(15-10-6-7-11-17(15)24)16(12-25)22(27-21(20)29)32-13-18(28)26-14-8-4-3-5-9-14/h3-11,19-20H,2,13H2,1H3,(H,26,28)(H,27,29)/t19-,20+/m1/s1. The van der Waals surface area contributed by atoms with Crippen LogP contribution in [0.5, 0.6) is 0 Å². The fourth-order valence-corrected chi connectivity index (χ4v) is 4.19. The molecule has 164 valence electrons. The predicted molar refractivity (Wildman–Crippen MR) is 118 cm³/mol. The summed E-state index contributed by atoms with van der Waals surface area (Å²) in [6, 6.07) is 16.4. The van der Waals surface area contributed by atoms with Crippen LogP contribution in [0.4, 0.5) is 10.1 Å². The molecule has 32 heavy (non-hydrogen) atoms. The van der Waals surface area contributed by atoms with Crippen molar-refractivity contribution in [2.45, 2.75) is 12.8 Å². The normalized spacial score (nSPS) is 17.8. The van der Waals surface area contributed by atoms with E-state index in [-0.39, 0.29) is 34.4 Å². The zero-order chi connectivity index (χ0) is 23.1. The van der Waals surface area contributed by atoms with Crippen molar-refractivity contribution in [2.75, 3.05) is 17.7 Å². The predicted octanol–water partition coefficient (Wildman–Crippen LogP) is 3.33. The number of esters is 1.